The van der Waals surface area contributed by atoms with E-state index in [0.717, 1.165) is 6.20 Å². The van der Waals surface area contributed by atoms with Gasteiger partial charge in [-0.05, 0) is 0 Å². The van der Waals surface area contributed by atoms with Gasteiger partial charge in [0.15, 0.2) is 5.75 Å². The highest BCUT2D eigenvalue weighted by Crippen LogP contribution is 2.36. The normalized spacial score (nSPS) is 10.6. The molecular formula is C9H7F3N2O3. The first-order valence-corrected chi connectivity index (χ1v) is 4.19. The van der Waals surface area contributed by atoms with Gasteiger partial charge in [0.1, 0.15) is 11.6 Å². The minimum atomic E-state index is -4.91. The second kappa shape index (κ2) is 4.78. The summed E-state index contributed by atoms with van der Waals surface area (Å²) in [5, 5.41) is 8.79. The summed E-state index contributed by atoms with van der Waals surface area (Å²) in [5.74, 6) is -1.05. The number of alkyl halides is 3. The van der Waals surface area contributed by atoms with Gasteiger partial charge < -0.3 is 14.2 Å². The summed E-state index contributed by atoms with van der Waals surface area (Å²) in [6.07, 6.45) is -4.17. The quantitative estimate of drug-likeness (QED) is 0.816. The lowest BCUT2D eigenvalue weighted by Crippen LogP contribution is -2.18. The van der Waals surface area contributed by atoms with E-state index in [1.807, 2.05) is 0 Å². The number of halogens is 3. The highest BCUT2D eigenvalue weighted by Gasteiger charge is 2.33. The van der Waals surface area contributed by atoms with Gasteiger partial charge in [0.2, 0.25) is 5.75 Å². The predicted molar refractivity (Wildman–Crippen MR) is 48.7 cm³/mol. The SMILES string of the molecule is COc1ncc(OC(F)(F)F)c(C#N)c1OC. The molecule has 1 rings (SSSR count). The van der Waals surface area contributed by atoms with Crippen molar-refractivity contribution in [1.29, 1.82) is 5.26 Å². The summed E-state index contributed by atoms with van der Waals surface area (Å²) in [5.41, 5.74) is -0.434. The Labute approximate surface area is 94.3 Å². The molecule has 0 aliphatic carbocycles. The average molecular weight is 248 g/mol. The van der Waals surface area contributed by atoms with E-state index in [4.69, 9.17) is 14.7 Å². The predicted octanol–water partition coefficient (Wildman–Crippen LogP) is 1.87. The van der Waals surface area contributed by atoms with Crippen LogP contribution >= 0.6 is 0 Å². The molecule has 0 aromatic carbocycles. The van der Waals surface area contributed by atoms with Crippen molar-refractivity contribution >= 4 is 0 Å². The number of hydrogen-bond acceptors (Lipinski definition) is 5. The highest BCUT2D eigenvalue weighted by atomic mass is 19.4. The molecule has 17 heavy (non-hydrogen) atoms. The summed E-state index contributed by atoms with van der Waals surface area (Å²) in [6, 6.07) is 1.54. The van der Waals surface area contributed by atoms with E-state index in [-0.39, 0.29) is 11.6 Å². The lowest BCUT2D eigenvalue weighted by molar-refractivity contribution is -0.274. The van der Waals surface area contributed by atoms with Crippen molar-refractivity contribution in [3.63, 3.8) is 0 Å². The van der Waals surface area contributed by atoms with Gasteiger partial charge >= 0.3 is 6.36 Å². The second-order valence-corrected chi connectivity index (χ2v) is 2.70. The number of nitrogens with zero attached hydrogens (tertiary/aromatic N) is 2. The minimum absolute atomic E-state index is 0.0985. The maximum Gasteiger partial charge on any atom is 0.573 e. The Balaban J connectivity index is 3.30. The highest BCUT2D eigenvalue weighted by molar-refractivity contribution is 5.56. The zero-order chi connectivity index (χ0) is 13.1. The van der Waals surface area contributed by atoms with Gasteiger partial charge in [-0.25, -0.2) is 4.98 Å². The monoisotopic (exact) mass is 248 g/mol. The third-order valence-corrected chi connectivity index (χ3v) is 1.70. The zero-order valence-corrected chi connectivity index (χ0v) is 8.83. The molecule has 0 N–H and O–H groups in total. The van der Waals surface area contributed by atoms with Gasteiger partial charge in [-0.2, -0.15) is 5.26 Å². The Kier molecular flexibility index (Phi) is 3.62. The maximum atomic E-state index is 12.0. The molecule has 0 radical (unpaired) electrons. The molecule has 5 nitrogen and oxygen atoms in total. The number of aromatic nitrogens is 1. The van der Waals surface area contributed by atoms with Crippen molar-refractivity contribution in [2.75, 3.05) is 14.2 Å². The van der Waals surface area contributed by atoms with E-state index < -0.39 is 17.7 Å². The number of nitriles is 1. The Morgan fingerprint density at radius 1 is 1.29 bits per heavy atom. The van der Waals surface area contributed by atoms with Crippen molar-refractivity contribution in [3.8, 4) is 23.4 Å². The van der Waals surface area contributed by atoms with Crippen LogP contribution in [0, 0.1) is 11.3 Å². The fourth-order valence-electron chi connectivity index (χ4n) is 1.10. The van der Waals surface area contributed by atoms with Crippen LogP contribution < -0.4 is 14.2 Å². The average Bonchev–Trinajstić information content (AvgIpc) is 2.26. The van der Waals surface area contributed by atoms with Crippen LogP contribution in [0.2, 0.25) is 0 Å². The molecule has 1 aromatic rings. The third kappa shape index (κ3) is 2.90. The van der Waals surface area contributed by atoms with Crippen LogP contribution in [0.3, 0.4) is 0 Å². The molecule has 0 amide bonds. The summed E-state index contributed by atoms with van der Waals surface area (Å²) in [6.45, 7) is 0. The lowest BCUT2D eigenvalue weighted by Gasteiger charge is -2.13. The van der Waals surface area contributed by atoms with Gasteiger partial charge in [-0.15, -0.1) is 13.2 Å². The Hall–Kier alpha value is -2.17. The minimum Gasteiger partial charge on any atom is -0.490 e. The molecular weight excluding hydrogens is 241 g/mol. The van der Waals surface area contributed by atoms with Gasteiger partial charge in [0.25, 0.3) is 5.88 Å². The maximum absolute atomic E-state index is 12.0. The molecule has 0 saturated heterocycles. The molecule has 8 heteroatoms. The summed E-state index contributed by atoms with van der Waals surface area (Å²) in [4.78, 5) is 3.54. The summed E-state index contributed by atoms with van der Waals surface area (Å²) in [7, 11) is 2.42. The lowest BCUT2D eigenvalue weighted by atomic mass is 10.2. The van der Waals surface area contributed by atoms with E-state index in [9.17, 15) is 13.2 Å². The molecule has 0 atom stereocenters. The molecule has 0 aliphatic heterocycles. The largest absolute Gasteiger partial charge is 0.573 e. The van der Waals surface area contributed by atoms with Crippen LogP contribution in [0.4, 0.5) is 13.2 Å². The van der Waals surface area contributed by atoms with Gasteiger partial charge in [-0.3, -0.25) is 0 Å². The zero-order valence-electron chi connectivity index (χ0n) is 8.83. The van der Waals surface area contributed by atoms with Crippen LogP contribution in [0.15, 0.2) is 6.20 Å². The Bertz CT molecular complexity index is 454. The van der Waals surface area contributed by atoms with Crippen LogP contribution in [0.5, 0.6) is 17.4 Å². The Morgan fingerprint density at radius 2 is 1.94 bits per heavy atom. The number of hydrogen-bond donors (Lipinski definition) is 0. The fraction of sp³-hybridized carbons (Fsp3) is 0.333. The second-order valence-electron chi connectivity index (χ2n) is 2.70. The van der Waals surface area contributed by atoms with E-state index in [0.29, 0.717) is 0 Å². The molecule has 0 aliphatic rings. The van der Waals surface area contributed by atoms with E-state index in [2.05, 4.69) is 9.72 Å². The van der Waals surface area contributed by atoms with Crippen LogP contribution in [-0.2, 0) is 0 Å². The van der Waals surface area contributed by atoms with Crippen molar-refractivity contribution in [3.05, 3.63) is 11.8 Å². The van der Waals surface area contributed by atoms with Crippen LogP contribution in [-0.4, -0.2) is 25.6 Å². The van der Waals surface area contributed by atoms with E-state index in [1.165, 1.54) is 14.2 Å². The van der Waals surface area contributed by atoms with Crippen LogP contribution in [0.25, 0.3) is 0 Å². The van der Waals surface area contributed by atoms with Gasteiger partial charge in [0, 0.05) is 0 Å². The molecule has 0 saturated carbocycles. The topological polar surface area (TPSA) is 64.4 Å². The number of ether oxygens (including phenoxy) is 3. The van der Waals surface area contributed by atoms with Gasteiger partial charge in [-0.1, -0.05) is 0 Å². The molecule has 1 aromatic heterocycles. The standard InChI is InChI=1S/C9H7F3N2O3/c1-15-7-5(3-13)6(17-9(10,11)12)4-14-8(7)16-2/h4H,1-2H3. The summed E-state index contributed by atoms with van der Waals surface area (Å²) < 4.78 is 49.3. The number of rotatable bonds is 3. The Morgan fingerprint density at radius 3 is 2.35 bits per heavy atom. The molecule has 0 fully saturated rings. The summed E-state index contributed by atoms with van der Waals surface area (Å²) >= 11 is 0. The fourth-order valence-corrected chi connectivity index (χ4v) is 1.10. The van der Waals surface area contributed by atoms with Crippen molar-refractivity contribution in [2.24, 2.45) is 0 Å². The van der Waals surface area contributed by atoms with Crippen molar-refractivity contribution in [1.82, 2.24) is 4.98 Å². The first-order chi connectivity index (χ1) is 7.92. The molecule has 0 bridgehead atoms. The smallest absolute Gasteiger partial charge is 0.490 e. The number of methoxy groups -OCH3 is 2. The number of pyridine rings is 1. The molecule has 0 unspecified atom stereocenters. The van der Waals surface area contributed by atoms with Crippen molar-refractivity contribution in [2.45, 2.75) is 6.36 Å². The molecule has 1 heterocycles. The van der Waals surface area contributed by atoms with Gasteiger partial charge in [0.05, 0.1) is 20.4 Å². The van der Waals surface area contributed by atoms with Crippen molar-refractivity contribution < 1.29 is 27.4 Å². The van der Waals surface area contributed by atoms with E-state index >= 15 is 0 Å². The first kappa shape index (κ1) is 12.9. The molecule has 0 spiro atoms. The van der Waals surface area contributed by atoms with E-state index in [1.54, 1.807) is 6.07 Å². The third-order valence-electron chi connectivity index (χ3n) is 1.70. The molecule has 92 valence electrons. The van der Waals surface area contributed by atoms with Crippen LogP contribution in [0.1, 0.15) is 5.56 Å². The first-order valence-electron chi connectivity index (χ1n) is 4.19.